The molecule has 8 heteroatoms. The van der Waals surface area contributed by atoms with E-state index in [-0.39, 0.29) is 18.0 Å². The third kappa shape index (κ3) is 2.74. The van der Waals surface area contributed by atoms with E-state index in [0.29, 0.717) is 12.2 Å². The van der Waals surface area contributed by atoms with Crippen molar-refractivity contribution in [3.63, 3.8) is 0 Å². The molecule has 0 fully saturated rings. The van der Waals surface area contributed by atoms with Crippen LogP contribution in [0.2, 0.25) is 0 Å². The molecule has 1 aliphatic heterocycles. The molecular weight excluding hydrogens is 282 g/mol. The maximum Gasteiger partial charge on any atom is 0.272 e. The number of amides is 1. The molecule has 0 radical (unpaired) electrons. The van der Waals surface area contributed by atoms with Gasteiger partial charge in [-0.1, -0.05) is 0 Å². The first-order valence-electron chi connectivity index (χ1n) is 7.53. The molecule has 3 heterocycles. The molecule has 0 aromatic carbocycles. The van der Waals surface area contributed by atoms with Crippen LogP contribution in [-0.2, 0) is 13.1 Å². The average Bonchev–Trinajstić information content (AvgIpc) is 3.13. The van der Waals surface area contributed by atoms with E-state index in [1.807, 2.05) is 22.3 Å². The first kappa shape index (κ1) is 14.7. The van der Waals surface area contributed by atoms with Crippen molar-refractivity contribution in [2.24, 2.45) is 0 Å². The first-order valence-corrected chi connectivity index (χ1v) is 7.53. The van der Waals surface area contributed by atoms with Crippen molar-refractivity contribution in [2.75, 3.05) is 6.54 Å². The number of imidazole rings is 1. The Balaban J connectivity index is 1.73. The van der Waals surface area contributed by atoms with Gasteiger partial charge in [-0.25, -0.2) is 4.98 Å². The molecule has 1 aliphatic rings. The number of nitrogens with zero attached hydrogens (tertiary/aromatic N) is 5. The van der Waals surface area contributed by atoms with Crippen molar-refractivity contribution in [3.8, 4) is 0 Å². The van der Waals surface area contributed by atoms with Crippen LogP contribution in [0.25, 0.3) is 0 Å². The minimum atomic E-state index is -0.228. The van der Waals surface area contributed by atoms with E-state index in [9.17, 15) is 4.79 Å². The van der Waals surface area contributed by atoms with E-state index >= 15 is 0 Å². The fraction of sp³-hybridized carbons (Fsp3) is 0.571. The van der Waals surface area contributed by atoms with Crippen LogP contribution in [0, 0.1) is 0 Å². The lowest BCUT2D eigenvalue weighted by atomic mass is 10.2. The fourth-order valence-electron chi connectivity index (χ4n) is 2.59. The van der Waals surface area contributed by atoms with Crippen LogP contribution in [0.4, 0.5) is 0 Å². The van der Waals surface area contributed by atoms with Gasteiger partial charge in [-0.05, 0) is 20.8 Å². The van der Waals surface area contributed by atoms with Crippen molar-refractivity contribution in [1.29, 1.82) is 0 Å². The number of aromatic nitrogens is 5. The van der Waals surface area contributed by atoms with E-state index in [1.165, 1.54) is 0 Å². The molecule has 8 nitrogen and oxygen atoms in total. The zero-order valence-corrected chi connectivity index (χ0v) is 13.1. The summed E-state index contributed by atoms with van der Waals surface area (Å²) in [6.45, 7) is 8.45. The lowest BCUT2D eigenvalue weighted by molar-refractivity contribution is 0.0932. The van der Waals surface area contributed by atoms with Gasteiger partial charge in [-0.15, -0.1) is 10.2 Å². The molecule has 0 bridgehead atoms. The molecule has 0 spiro atoms. The molecule has 3 rings (SSSR count). The zero-order chi connectivity index (χ0) is 15.7. The predicted octanol–water partition coefficient (Wildman–Crippen LogP) is 0.650. The molecule has 118 valence electrons. The minimum absolute atomic E-state index is 0.187. The minimum Gasteiger partial charge on any atom is -0.341 e. The highest BCUT2D eigenvalue weighted by atomic mass is 16.2. The van der Waals surface area contributed by atoms with E-state index in [4.69, 9.17) is 0 Å². The van der Waals surface area contributed by atoms with Crippen LogP contribution in [0.15, 0.2) is 12.5 Å². The van der Waals surface area contributed by atoms with E-state index in [0.717, 1.165) is 24.7 Å². The second-order valence-corrected chi connectivity index (χ2v) is 5.80. The van der Waals surface area contributed by atoms with E-state index in [2.05, 4.69) is 39.7 Å². The van der Waals surface area contributed by atoms with Crippen LogP contribution in [0.5, 0.6) is 0 Å². The van der Waals surface area contributed by atoms with Gasteiger partial charge in [0, 0.05) is 25.3 Å². The number of nitrogens with one attached hydrogen (secondary N) is 2. The smallest absolute Gasteiger partial charge is 0.272 e. The number of rotatable bonds is 4. The van der Waals surface area contributed by atoms with Crippen molar-refractivity contribution in [2.45, 2.75) is 45.9 Å². The summed E-state index contributed by atoms with van der Waals surface area (Å²) in [4.78, 5) is 16.8. The Morgan fingerprint density at radius 3 is 2.95 bits per heavy atom. The standard InChI is InChI=1S/C14H21N7O/c1-9(2)21-8-16-19-13(21)10(3)17-14(22)11-7-20-5-4-15-6-12(20)18-11/h7-10,15H,4-6H2,1-3H3,(H,17,22)/t10-/m1/s1. The van der Waals surface area contributed by atoms with Crippen LogP contribution in [0.1, 0.15) is 55.0 Å². The second-order valence-electron chi connectivity index (χ2n) is 5.80. The molecule has 1 amide bonds. The third-order valence-corrected chi connectivity index (χ3v) is 3.80. The molecule has 2 aromatic heterocycles. The van der Waals surface area contributed by atoms with Gasteiger partial charge < -0.3 is 19.8 Å². The predicted molar refractivity (Wildman–Crippen MR) is 80.2 cm³/mol. The maximum atomic E-state index is 12.4. The van der Waals surface area contributed by atoms with E-state index in [1.54, 1.807) is 6.33 Å². The Bertz CT molecular complexity index is 649. The summed E-state index contributed by atoms with van der Waals surface area (Å²) in [5.41, 5.74) is 0.446. The molecular formula is C14H21N7O. The summed E-state index contributed by atoms with van der Waals surface area (Å²) in [5.74, 6) is 1.45. The number of hydrogen-bond acceptors (Lipinski definition) is 5. The highest BCUT2D eigenvalue weighted by Crippen LogP contribution is 2.15. The van der Waals surface area contributed by atoms with Gasteiger partial charge in [0.1, 0.15) is 17.8 Å². The Hall–Kier alpha value is -2.22. The van der Waals surface area contributed by atoms with Gasteiger partial charge in [-0.2, -0.15) is 0 Å². The lowest BCUT2D eigenvalue weighted by Gasteiger charge is -2.16. The Morgan fingerprint density at radius 2 is 2.23 bits per heavy atom. The summed E-state index contributed by atoms with van der Waals surface area (Å²) in [5, 5.41) is 14.2. The Kier molecular flexibility index (Phi) is 3.93. The second kappa shape index (κ2) is 5.88. The lowest BCUT2D eigenvalue weighted by Crippen LogP contribution is -2.29. The van der Waals surface area contributed by atoms with E-state index < -0.39 is 0 Å². The molecule has 2 N–H and O–H groups in total. The number of carbonyl (C=O) groups is 1. The van der Waals surface area contributed by atoms with Gasteiger partial charge in [0.2, 0.25) is 0 Å². The van der Waals surface area contributed by atoms with Crippen LogP contribution < -0.4 is 10.6 Å². The monoisotopic (exact) mass is 303 g/mol. The summed E-state index contributed by atoms with van der Waals surface area (Å²) >= 11 is 0. The highest BCUT2D eigenvalue weighted by molar-refractivity contribution is 5.92. The van der Waals surface area contributed by atoms with Gasteiger partial charge >= 0.3 is 0 Å². The van der Waals surface area contributed by atoms with Gasteiger partial charge in [-0.3, -0.25) is 4.79 Å². The molecule has 0 saturated carbocycles. The van der Waals surface area contributed by atoms with Crippen molar-refractivity contribution >= 4 is 5.91 Å². The molecule has 1 atom stereocenters. The zero-order valence-electron chi connectivity index (χ0n) is 13.1. The van der Waals surface area contributed by atoms with Crippen LogP contribution in [0.3, 0.4) is 0 Å². The topological polar surface area (TPSA) is 89.7 Å². The van der Waals surface area contributed by atoms with Crippen molar-refractivity contribution in [1.82, 2.24) is 34.9 Å². The highest BCUT2D eigenvalue weighted by Gasteiger charge is 2.21. The maximum absolute atomic E-state index is 12.4. The van der Waals surface area contributed by atoms with Gasteiger partial charge in [0.25, 0.3) is 5.91 Å². The van der Waals surface area contributed by atoms with Gasteiger partial charge in [0.05, 0.1) is 12.6 Å². The normalized spacial score (nSPS) is 15.6. The first-order chi connectivity index (χ1) is 10.6. The van der Waals surface area contributed by atoms with Gasteiger partial charge in [0.15, 0.2) is 5.82 Å². The third-order valence-electron chi connectivity index (χ3n) is 3.80. The summed E-state index contributed by atoms with van der Waals surface area (Å²) in [6, 6.07) is 0.0181. The summed E-state index contributed by atoms with van der Waals surface area (Å²) in [6.07, 6.45) is 3.50. The average molecular weight is 303 g/mol. The molecule has 0 unspecified atom stereocenters. The molecule has 22 heavy (non-hydrogen) atoms. The molecule has 0 aliphatic carbocycles. The molecule has 2 aromatic rings. The summed E-state index contributed by atoms with van der Waals surface area (Å²) in [7, 11) is 0. The Labute approximate surface area is 128 Å². The fourth-order valence-corrected chi connectivity index (χ4v) is 2.59. The number of fused-ring (bicyclic) bond motifs is 1. The van der Waals surface area contributed by atoms with Crippen LogP contribution in [-0.4, -0.2) is 36.8 Å². The SMILES string of the molecule is CC(C)n1cnnc1[C@@H](C)NC(=O)c1cn2c(n1)CNCC2. The van der Waals surface area contributed by atoms with Crippen molar-refractivity contribution in [3.05, 3.63) is 29.9 Å². The number of hydrogen-bond donors (Lipinski definition) is 2. The Morgan fingerprint density at radius 1 is 1.41 bits per heavy atom. The number of carbonyl (C=O) groups excluding carboxylic acids is 1. The molecule has 0 saturated heterocycles. The summed E-state index contributed by atoms with van der Waals surface area (Å²) < 4.78 is 3.97. The van der Waals surface area contributed by atoms with Crippen molar-refractivity contribution < 1.29 is 4.79 Å². The largest absolute Gasteiger partial charge is 0.341 e. The van der Waals surface area contributed by atoms with Crippen LogP contribution >= 0.6 is 0 Å². The quantitative estimate of drug-likeness (QED) is 0.865.